The number of likely N-dealkylation sites (tertiary alicyclic amines) is 1. The third-order valence-corrected chi connectivity index (χ3v) is 6.06. The van der Waals surface area contributed by atoms with E-state index >= 15 is 0 Å². The number of hydrogen-bond acceptors (Lipinski definition) is 5. The molecule has 2 aromatic rings. The molecule has 1 fully saturated rings. The number of benzene rings is 1. The summed E-state index contributed by atoms with van der Waals surface area (Å²) in [6.07, 6.45) is 7.55. The Morgan fingerprint density at radius 3 is 2.59 bits per heavy atom. The lowest BCUT2D eigenvalue weighted by Gasteiger charge is -2.37. The Labute approximate surface area is 171 Å². The molecule has 0 bridgehead atoms. The van der Waals surface area contributed by atoms with Crippen LogP contribution in [0.15, 0.2) is 36.5 Å². The number of ether oxygens (including phenoxy) is 1. The van der Waals surface area contributed by atoms with E-state index in [9.17, 15) is 4.79 Å². The van der Waals surface area contributed by atoms with Gasteiger partial charge in [-0.3, -0.25) is 4.79 Å². The lowest BCUT2D eigenvalue weighted by atomic mass is 9.81. The highest BCUT2D eigenvalue weighted by Gasteiger charge is 2.35. The molecular formula is C22H29N5O2. The van der Waals surface area contributed by atoms with Crippen LogP contribution in [0.5, 0.6) is 5.75 Å². The third kappa shape index (κ3) is 3.69. The van der Waals surface area contributed by atoms with E-state index in [0.717, 1.165) is 56.0 Å². The summed E-state index contributed by atoms with van der Waals surface area (Å²) in [6, 6.07) is 7.59. The maximum Gasteiger partial charge on any atom is 0.269 e. The van der Waals surface area contributed by atoms with E-state index in [1.807, 2.05) is 28.9 Å². The van der Waals surface area contributed by atoms with E-state index < -0.39 is 5.91 Å². The van der Waals surface area contributed by atoms with E-state index in [0.29, 0.717) is 23.2 Å². The predicted octanol–water partition coefficient (Wildman–Crippen LogP) is 2.93. The van der Waals surface area contributed by atoms with Crippen LogP contribution in [0.25, 0.3) is 11.3 Å². The first-order valence-corrected chi connectivity index (χ1v) is 10.3. The summed E-state index contributed by atoms with van der Waals surface area (Å²) >= 11 is 0. The molecule has 4 rings (SSSR count). The molecule has 29 heavy (non-hydrogen) atoms. The Balaban J connectivity index is 1.67. The molecule has 7 nitrogen and oxygen atoms in total. The molecule has 3 heterocycles. The zero-order valence-electron chi connectivity index (χ0n) is 17.1. The molecule has 2 aliphatic rings. The summed E-state index contributed by atoms with van der Waals surface area (Å²) in [4.78, 5) is 19.6. The Bertz CT molecular complexity index is 895. The molecule has 2 aliphatic heterocycles. The van der Waals surface area contributed by atoms with E-state index in [1.165, 1.54) is 0 Å². The molecule has 1 atom stereocenters. The zero-order valence-corrected chi connectivity index (χ0v) is 17.1. The van der Waals surface area contributed by atoms with Crippen LogP contribution >= 0.6 is 0 Å². The third-order valence-electron chi connectivity index (χ3n) is 6.06. The maximum atomic E-state index is 12.3. The lowest BCUT2D eigenvalue weighted by molar-refractivity contribution is 0.0992. The van der Waals surface area contributed by atoms with Gasteiger partial charge >= 0.3 is 0 Å². The molecule has 0 saturated carbocycles. The second-order valence-electron chi connectivity index (χ2n) is 7.75. The molecule has 7 heteroatoms. The van der Waals surface area contributed by atoms with Gasteiger partial charge < -0.3 is 20.8 Å². The molecule has 154 valence electrons. The highest BCUT2D eigenvalue weighted by Crippen LogP contribution is 2.39. The first-order chi connectivity index (χ1) is 14.1. The molecule has 3 N–H and O–H groups in total. The summed E-state index contributed by atoms with van der Waals surface area (Å²) in [7, 11) is 1.63. The predicted molar refractivity (Wildman–Crippen MR) is 113 cm³/mol. The summed E-state index contributed by atoms with van der Waals surface area (Å²) in [5.41, 5.74) is 11.0. The van der Waals surface area contributed by atoms with Crippen molar-refractivity contribution >= 4 is 5.91 Å². The number of piperidine rings is 1. The molecule has 0 spiro atoms. The molecule has 1 saturated heterocycles. The van der Waals surface area contributed by atoms with Gasteiger partial charge in [0.1, 0.15) is 17.3 Å². The summed E-state index contributed by atoms with van der Waals surface area (Å²) in [5, 5.41) is 0. The number of fused-ring (bicyclic) bond motifs is 1. The highest BCUT2D eigenvalue weighted by molar-refractivity contribution is 5.97. The van der Waals surface area contributed by atoms with Crippen molar-refractivity contribution in [1.82, 2.24) is 14.6 Å². The van der Waals surface area contributed by atoms with Crippen LogP contribution in [0.1, 0.15) is 48.4 Å². The monoisotopic (exact) mass is 395 g/mol. The number of carbonyl (C=O) groups is 1. The van der Waals surface area contributed by atoms with Crippen molar-refractivity contribution in [2.75, 3.05) is 32.2 Å². The number of rotatable bonds is 5. The van der Waals surface area contributed by atoms with E-state index in [1.54, 1.807) is 7.11 Å². The molecule has 0 aliphatic carbocycles. The highest BCUT2D eigenvalue weighted by atomic mass is 16.5. The molecular weight excluding hydrogens is 366 g/mol. The average Bonchev–Trinajstić information content (AvgIpc) is 3.14. The SMILES string of the molecule is CC=CN1CCC(C2CCNn3c2nc(-c2ccc(OC)cc2)c3C(N)=O)CC1. The topological polar surface area (TPSA) is 85.4 Å². The molecule has 1 amide bonds. The standard InChI is InChI=1S/C22H29N5O2/c1-3-12-26-13-9-15(10-14-26)18-8-11-24-27-20(21(23)28)19(25-22(18)27)16-4-6-17(29-2)7-5-16/h3-7,12,15,18,24H,8-11,13-14H2,1-2H3,(H2,23,28). The van der Waals surface area contributed by atoms with E-state index in [2.05, 4.69) is 29.5 Å². The van der Waals surface area contributed by atoms with Gasteiger partial charge in [-0.1, -0.05) is 6.08 Å². The molecule has 1 aromatic carbocycles. The quantitative estimate of drug-likeness (QED) is 0.813. The largest absolute Gasteiger partial charge is 0.497 e. The van der Waals surface area contributed by atoms with Crippen LogP contribution in [-0.4, -0.2) is 47.2 Å². The second kappa shape index (κ2) is 8.19. The number of aromatic nitrogens is 2. The molecule has 1 aromatic heterocycles. The maximum absolute atomic E-state index is 12.3. The van der Waals surface area contributed by atoms with Gasteiger partial charge in [0.25, 0.3) is 5.91 Å². The van der Waals surface area contributed by atoms with Gasteiger partial charge in [-0.05, 0) is 62.6 Å². The van der Waals surface area contributed by atoms with Crippen LogP contribution in [-0.2, 0) is 0 Å². The number of nitrogens with zero attached hydrogens (tertiary/aromatic N) is 3. The first-order valence-electron chi connectivity index (χ1n) is 10.3. The summed E-state index contributed by atoms with van der Waals surface area (Å²) in [6.45, 7) is 4.99. The van der Waals surface area contributed by atoms with Crippen molar-refractivity contribution in [1.29, 1.82) is 0 Å². The van der Waals surface area contributed by atoms with Gasteiger partial charge in [-0.2, -0.15) is 0 Å². The van der Waals surface area contributed by atoms with Gasteiger partial charge in [0, 0.05) is 31.1 Å². The van der Waals surface area contributed by atoms with E-state index in [-0.39, 0.29) is 0 Å². The van der Waals surface area contributed by atoms with Gasteiger partial charge in [0.2, 0.25) is 0 Å². The Hall–Kier alpha value is -2.96. The number of hydrogen-bond donors (Lipinski definition) is 2. The number of carbonyl (C=O) groups excluding carboxylic acids is 1. The second-order valence-corrected chi connectivity index (χ2v) is 7.75. The number of nitrogens with two attached hydrogens (primary N) is 1. The van der Waals surface area contributed by atoms with Gasteiger partial charge in [0.15, 0.2) is 5.69 Å². The van der Waals surface area contributed by atoms with Crippen molar-refractivity contribution in [3.05, 3.63) is 48.1 Å². The number of allylic oxidation sites excluding steroid dienone is 1. The Morgan fingerprint density at radius 2 is 1.97 bits per heavy atom. The zero-order chi connectivity index (χ0) is 20.4. The molecule has 0 radical (unpaired) electrons. The Morgan fingerprint density at radius 1 is 1.24 bits per heavy atom. The minimum absolute atomic E-state index is 0.328. The Kier molecular flexibility index (Phi) is 5.47. The van der Waals surface area contributed by atoms with Crippen LogP contribution in [0, 0.1) is 5.92 Å². The van der Waals surface area contributed by atoms with E-state index in [4.69, 9.17) is 15.5 Å². The van der Waals surface area contributed by atoms with Crippen molar-refractivity contribution in [3.63, 3.8) is 0 Å². The lowest BCUT2D eigenvalue weighted by Crippen LogP contribution is -2.38. The van der Waals surface area contributed by atoms with Crippen LogP contribution in [0.3, 0.4) is 0 Å². The van der Waals surface area contributed by atoms with Crippen LogP contribution < -0.4 is 15.9 Å². The number of amides is 1. The fourth-order valence-corrected chi connectivity index (χ4v) is 4.61. The van der Waals surface area contributed by atoms with Gasteiger partial charge in [-0.25, -0.2) is 9.66 Å². The van der Waals surface area contributed by atoms with Gasteiger partial charge in [0.05, 0.1) is 7.11 Å². The van der Waals surface area contributed by atoms with Crippen molar-refractivity contribution < 1.29 is 9.53 Å². The smallest absolute Gasteiger partial charge is 0.269 e. The van der Waals surface area contributed by atoms with Crippen molar-refractivity contribution in [2.24, 2.45) is 11.7 Å². The van der Waals surface area contributed by atoms with Crippen LogP contribution in [0.2, 0.25) is 0 Å². The number of nitrogens with one attached hydrogen (secondary N) is 1. The van der Waals surface area contributed by atoms with Gasteiger partial charge in [-0.15, -0.1) is 0 Å². The number of methoxy groups -OCH3 is 1. The van der Waals surface area contributed by atoms with Crippen molar-refractivity contribution in [3.8, 4) is 17.0 Å². The average molecular weight is 396 g/mol. The normalized spacial score (nSPS) is 19.8. The van der Waals surface area contributed by atoms with Crippen molar-refractivity contribution in [2.45, 2.75) is 32.1 Å². The fourth-order valence-electron chi connectivity index (χ4n) is 4.61. The summed E-state index contributed by atoms with van der Waals surface area (Å²) in [5.74, 6) is 2.12. The molecule has 1 unspecified atom stereocenters. The fraction of sp³-hybridized carbons (Fsp3) is 0.455. The van der Waals surface area contributed by atoms with Crippen LogP contribution in [0.4, 0.5) is 0 Å². The summed E-state index contributed by atoms with van der Waals surface area (Å²) < 4.78 is 7.09. The number of primary amides is 1. The number of imidazole rings is 1. The minimum atomic E-state index is -0.467. The first kappa shape index (κ1) is 19.4. The minimum Gasteiger partial charge on any atom is -0.497 e.